The highest BCUT2D eigenvalue weighted by molar-refractivity contribution is 7.99. The molecule has 0 aromatic carbocycles. The van der Waals surface area contributed by atoms with Crippen molar-refractivity contribution in [3.63, 3.8) is 0 Å². The molecule has 1 aliphatic rings. The maximum atomic E-state index is 11.7. The molecule has 0 radical (unpaired) electrons. The molecule has 0 spiro atoms. The van der Waals surface area contributed by atoms with E-state index >= 15 is 0 Å². The molecule has 5 nitrogen and oxygen atoms in total. The number of rotatable bonds is 6. The second-order valence-electron chi connectivity index (χ2n) is 4.33. The molecule has 1 aliphatic carbocycles. The zero-order valence-corrected chi connectivity index (χ0v) is 11.8. The minimum Gasteiger partial charge on any atom is -0.464 e. The van der Waals surface area contributed by atoms with E-state index in [-0.39, 0.29) is 12.6 Å². The lowest BCUT2D eigenvalue weighted by Crippen LogP contribution is -2.49. The van der Waals surface area contributed by atoms with Crippen molar-refractivity contribution < 1.29 is 14.3 Å². The minimum atomic E-state index is -1.21. The Labute approximate surface area is 112 Å². The first kappa shape index (κ1) is 15.3. The molecule has 1 amide bonds. The molecule has 1 saturated carbocycles. The van der Waals surface area contributed by atoms with Gasteiger partial charge in [0.1, 0.15) is 0 Å². The van der Waals surface area contributed by atoms with Crippen molar-refractivity contribution in [1.82, 2.24) is 5.32 Å². The molecule has 3 unspecified atom stereocenters. The zero-order chi connectivity index (χ0) is 13.5. The van der Waals surface area contributed by atoms with Gasteiger partial charge in [0.05, 0.1) is 6.61 Å². The van der Waals surface area contributed by atoms with E-state index in [4.69, 9.17) is 10.5 Å². The number of esters is 1. The number of hydrogen-bond donors (Lipinski definition) is 2. The van der Waals surface area contributed by atoms with E-state index in [0.29, 0.717) is 5.25 Å². The van der Waals surface area contributed by atoms with Gasteiger partial charge < -0.3 is 15.8 Å². The van der Waals surface area contributed by atoms with E-state index in [1.54, 1.807) is 6.92 Å². The van der Waals surface area contributed by atoms with Gasteiger partial charge in [0.2, 0.25) is 5.91 Å². The van der Waals surface area contributed by atoms with E-state index in [2.05, 4.69) is 12.2 Å². The highest BCUT2D eigenvalue weighted by Crippen LogP contribution is 2.29. The Kier molecular flexibility index (Phi) is 6.49. The molecule has 0 bridgehead atoms. The van der Waals surface area contributed by atoms with Crippen molar-refractivity contribution in [2.75, 3.05) is 12.4 Å². The van der Waals surface area contributed by atoms with Gasteiger partial charge in [-0.15, -0.1) is 0 Å². The van der Waals surface area contributed by atoms with Crippen molar-refractivity contribution in [3.05, 3.63) is 0 Å². The van der Waals surface area contributed by atoms with Gasteiger partial charge in [-0.05, 0) is 31.9 Å². The first-order valence-corrected chi connectivity index (χ1v) is 7.47. The van der Waals surface area contributed by atoms with Gasteiger partial charge in [-0.25, -0.2) is 4.79 Å². The van der Waals surface area contributed by atoms with Crippen LogP contribution in [-0.2, 0) is 14.3 Å². The summed E-state index contributed by atoms with van der Waals surface area (Å²) in [5.74, 6) is 0.00120. The molecule has 0 aliphatic heterocycles. The van der Waals surface area contributed by atoms with Crippen LogP contribution in [0.2, 0.25) is 0 Å². The summed E-state index contributed by atoms with van der Waals surface area (Å²) in [6, 6.07) is -1.06. The molecule has 18 heavy (non-hydrogen) atoms. The predicted molar refractivity (Wildman–Crippen MR) is 72.3 cm³/mol. The van der Waals surface area contributed by atoms with Crippen LogP contribution in [0.3, 0.4) is 0 Å². The number of amides is 1. The van der Waals surface area contributed by atoms with E-state index < -0.39 is 17.9 Å². The maximum absolute atomic E-state index is 11.7. The predicted octanol–water partition coefficient (Wildman–Crippen LogP) is 0.667. The van der Waals surface area contributed by atoms with Crippen LogP contribution in [0.15, 0.2) is 0 Å². The molecule has 3 atom stereocenters. The Morgan fingerprint density at radius 2 is 2.17 bits per heavy atom. The van der Waals surface area contributed by atoms with Crippen molar-refractivity contribution in [2.45, 2.75) is 50.4 Å². The molecule has 0 aromatic rings. The lowest BCUT2D eigenvalue weighted by atomic mass is 10.2. The van der Waals surface area contributed by atoms with Gasteiger partial charge in [-0.3, -0.25) is 4.79 Å². The quantitative estimate of drug-likeness (QED) is 0.549. The number of ether oxygens (including phenoxy) is 1. The molecule has 104 valence electrons. The number of carbonyl (C=O) groups excluding carboxylic acids is 2. The second kappa shape index (κ2) is 7.63. The first-order chi connectivity index (χ1) is 8.58. The lowest BCUT2D eigenvalue weighted by Gasteiger charge is -2.16. The van der Waals surface area contributed by atoms with Gasteiger partial charge in [-0.2, -0.15) is 11.8 Å². The standard InChI is InChI=1S/C12H22N2O3S/c1-3-17-12(16)10(13)11(15)14-8-5-6-9(7-8)18-4-2/h8-10H,3-7,13H2,1-2H3,(H,14,15). The zero-order valence-electron chi connectivity index (χ0n) is 11.0. The van der Waals surface area contributed by atoms with Crippen LogP contribution in [-0.4, -0.2) is 41.6 Å². The minimum absolute atomic E-state index is 0.141. The average Bonchev–Trinajstić information content (AvgIpc) is 2.76. The Hall–Kier alpha value is -0.750. The fourth-order valence-corrected chi connectivity index (χ4v) is 3.23. The summed E-state index contributed by atoms with van der Waals surface area (Å²) in [6.45, 7) is 4.05. The summed E-state index contributed by atoms with van der Waals surface area (Å²) in [5.41, 5.74) is 5.53. The second-order valence-corrected chi connectivity index (χ2v) is 5.90. The number of hydrogen-bond acceptors (Lipinski definition) is 5. The normalized spacial score (nSPS) is 24.6. The first-order valence-electron chi connectivity index (χ1n) is 6.42. The highest BCUT2D eigenvalue weighted by Gasteiger charge is 2.29. The van der Waals surface area contributed by atoms with Crippen LogP contribution in [0, 0.1) is 0 Å². The molecule has 0 heterocycles. The molecular weight excluding hydrogens is 252 g/mol. The largest absolute Gasteiger partial charge is 0.464 e. The van der Waals surface area contributed by atoms with E-state index in [9.17, 15) is 9.59 Å². The number of thioether (sulfide) groups is 1. The summed E-state index contributed by atoms with van der Waals surface area (Å²) in [4.78, 5) is 23.0. The average molecular weight is 274 g/mol. The van der Waals surface area contributed by atoms with Crippen molar-refractivity contribution >= 4 is 23.6 Å². The number of nitrogens with two attached hydrogens (primary N) is 1. The molecular formula is C12H22N2O3S. The smallest absolute Gasteiger partial charge is 0.332 e. The van der Waals surface area contributed by atoms with Gasteiger partial charge in [-0.1, -0.05) is 6.92 Å². The van der Waals surface area contributed by atoms with E-state index in [0.717, 1.165) is 25.0 Å². The summed E-state index contributed by atoms with van der Waals surface area (Å²) >= 11 is 1.92. The van der Waals surface area contributed by atoms with E-state index in [1.165, 1.54) is 0 Å². The van der Waals surface area contributed by atoms with Crippen molar-refractivity contribution in [3.8, 4) is 0 Å². The van der Waals surface area contributed by atoms with E-state index in [1.807, 2.05) is 11.8 Å². The fraction of sp³-hybridized carbons (Fsp3) is 0.833. The fourth-order valence-electron chi connectivity index (χ4n) is 2.09. The Morgan fingerprint density at radius 3 is 2.78 bits per heavy atom. The number of carbonyl (C=O) groups is 2. The summed E-state index contributed by atoms with van der Waals surface area (Å²) in [6.07, 6.45) is 3.02. The van der Waals surface area contributed by atoms with Crippen LogP contribution in [0.1, 0.15) is 33.1 Å². The Balaban J connectivity index is 2.34. The maximum Gasteiger partial charge on any atom is 0.332 e. The SMILES string of the molecule is CCOC(=O)C(N)C(=O)NC1CCC(SCC)C1. The highest BCUT2D eigenvalue weighted by atomic mass is 32.2. The molecule has 3 N–H and O–H groups in total. The van der Waals surface area contributed by atoms with Gasteiger partial charge in [0.25, 0.3) is 0 Å². The van der Waals surface area contributed by atoms with Crippen molar-refractivity contribution in [1.29, 1.82) is 0 Å². The number of nitrogens with one attached hydrogen (secondary N) is 1. The topological polar surface area (TPSA) is 81.4 Å². The molecule has 1 fully saturated rings. The monoisotopic (exact) mass is 274 g/mol. The summed E-state index contributed by atoms with van der Waals surface area (Å²) in [7, 11) is 0. The molecule has 1 rings (SSSR count). The Morgan fingerprint density at radius 1 is 1.44 bits per heavy atom. The summed E-state index contributed by atoms with van der Waals surface area (Å²) < 4.78 is 4.72. The third kappa shape index (κ3) is 4.49. The van der Waals surface area contributed by atoms with Crippen LogP contribution >= 0.6 is 11.8 Å². The van der Waals surface area contributed by atoms with Crippen LogP contribution in [0.25, 0.3) is 0 Å². The molecule has 6 heteroatoms. The summed E-state index contributed by atoms with van der Waals surface area (Å²) in [5, 5.41) is 3.44. The van der Waals surface area contributed by atoms with Crippen LogP contribution in [0.5, 0.6) is 0 Å². The van der Waals surface area contributed by atoms with Gasteiger partial charge in [0, 0.05) is 11.3 Å². The van der Waals surface area contributed by atoms with Gasteiger partial charge >= 0.3 is 5.97 Å². The third-order valence-electron chi connectivity index (χ3n) is 2.96. The molecule has 0 saturated heterocycles. The van der Waals surface area contributed by atoms with Crippen LogP contribution < -0.4 is 11.1 Å². The molecule has 0 aromatic heterocycles. The van der Waals surface area contributed by atoms with Gasteiger partial charge in [0.15, 0.2) is 6.04 Å². The third-order valence-corrected chi connectivity index (χ3v) is 4.19. The lowest BCUT2D eigenvalue weighted by molar-refractivity contribution is -0.148. The van der Waals surface area contributed by atoms with Crippen molar-refractivity contribution in [2.24, 2.45) is 5.73 Å². The van der Waals surface area contributed by atoms with Crippen LogP contribution in [0.4, 0.5) is 0 Å². The Bertz CT molecular complexity index is 299.